The highest BCUT2D eigenvalue weighted by molar-refractivity contribution is 7.16. The van der Waals surface area contributed by atoms with Crippen LogP contribution in [-0.4, -0.2) is 23.2 Å². The smallest absolute Gasteiger partial charge is 0.328 e. The van der Waals surface area contributed by atoms with Gasteiger partial charge >= 0.3 is 5.97 Å². The van der Waals surface area contributed by atoms with Gasteiger partial charge in [0.25, 0.3) is 0 Å². The zero-order chi connectivity index (χ0) is 24.4. The molecule has 1 saturated carbocycles. The maximum Gasteiger partial charge on any atom is 0.328 e. The van der Waals surface area contributed by atoms with Crippen LogP contribution < -0.4 is 4.74 Å². The van der Waals surface area contributed by atoms with Crippen LogP contribution >= 0.6 is 11.3 Å². The summed E-state index contributed by atoms with van der Waals surface area (Å²) < 4.78 is 6.66. The first-order valence-electron chi connectivity index (χ1n) is 11.8. The van der Waals surface area contributed by atoms with Crippen molar-refractivity contribution in [1.29, 1.82) is 0 Å². The molecular weight excluding hydrogens is 454 g/mol. The summed E-state index contributed by atoms with van der Waals surface area (Å²) in [5.74, 6) is 0.391. The van der Waals surface area contributed by atoms with E-state index in [1.165, 1.54) is 52.3 Å². The van der Waals surface area contributed by atoms with Crippen molar-refractivity contribution in [3.63, 3.8) is 0 Å². The fourth-order valence-electron chi connectivity index (χ4n) is 4.74. The molecule has 0 saturated heterocycles. The molecular formula is C30H27NO3S. The van der Waals surface area contributed by atoms with E-state index in [-0.39, 0.29) is 0 Å². The molecule has 0 amide bonds. The van der Waals surface area contributed by atoms with Crippen LogP contribution in [0.3, 0.4) is 0 Å². The van der Waals surface area contributed by atoms with Gasteiger partial charge in [-0.15, -0.1) is 11.3 Å². The first kappa shape index (κ1) is 23.1. The van der Waals surface area contributed by atoms with Crippen LogP contribution in [0.5, 0.6) is 5.75 Å². The van der Waals surface area contributed by atoms with Gasteiger partial charge in [-0.3, -0.25) is 0 Å². The van der Waals surface area contributed by atoms with Crippen LogP contribution in [0.4, 0.5) is 0 Å². The van der Waals surface area contributed by atoms with E-state index in [4.69, 9.17) is 9.84 Å². The number of aromatic nitrogens is 1. The van der Waals surface area contributed by atoms with Crippen molar-refractivity contribution in [1.82, 2.24) is 4.98 Å². The topological polar surface area (TPSA) is 59.4 Å². The molecule has 176 valence electrons. The van der Waals surface area contributed by atoms with Crippen LogP contribution in [0.1, 0.15) is 47.1 Å². The lowest BCUT2D eigenvalue weighted by molar-refractivity contribution is -0.131. The zero-order valence-electron chi connectivity index (χ0n) is 19.8. The van der Waals surface area contributed by atoms with E-state index in [1.807, 2.05) is 23.7 Å². The molecule has 0 atom stereocenters. The Morgan fingerprint density at radius 2 is 1.83 bits per heavy atom. The summed E-state index contributed by atoms with van der Waals surface area (Å²) in [4.78, 5) is 15.5. The number of methoxy groups -OCH3 is 1. The minimum Gasteiger partial charge on any atom is -0.497 e. The number of carboxylic acid groups (broad SMARTS) is 1. The fourth-order valence-corrected chi connectivity index (χ4v) is 5.40. The van der Waals surface area contributed by atoms with Gasteiger partial charge in [-0.05, 0) is 95.0 Å². The summed E-state index contributed by atoms with van der Waals surface area (Å²) in [7, 11) is 1.70. The first-order chi connectivity index (χ1) is 17.0. The second-order valence-corrected chi connectivity index (χ2v) is 9.81. The monoisotopic (exact) mass is 481 g/mol. The Hall–Kier alpha value is -3.70. The number of fused-ring (bicyclic) bond motifs is 1. The van der Waals surface area contributed by atoms with Crippen LogP contribution in [-0.2, 0) is 4.79 Å². The van der Waals surface area contributed by atoms with Gasteiger partial charge in [-0.2, -0.15) is 0 Å². The number of allylic oxidation sites excluding steroid dienone is 1. The summed E-state index contributed by atoms with van der Waals surface area (Å²) in [5.41, 5.74) is 11.0. The highest BCUT2D eigenvalue weighted by atomic mass is 32.1. The molecule has 1 aliphatic carbocycles. The molecule has 0 aliphatic heterocycles. The molecule has 1 aliphatic rings. The van der Waals surface area contributed by atoms with Crippen molar-refractivity contribution in [2.75, 3.05) is 7.11 Å². The van der Waals surface area contributed by atoms with Crippen LogP contribution in [0, 0.1) is 12.8 Å². The van der Waals surface area contributed by atoms with Gasteiger partial charge in [0.15, 0.2) is 0 Å². The molecule has 0 radical (unpaired) electrons. The van der Waals surface area contributed by atoms with Crippen molar-refractivity contribution < 1.29 is 14.6 Å². The molecule has 5 rings (SSSR count). The van der Waals surface area contributed by atoms with Crippen LogP contribution in [0.15, 0.2) is 72.3 Å². The van der Waals surface area contributed by atoms with Crippen molar-refractivity contribution in [2.45, 2.75) is 26.2 Å². The van der Waals surface area contributed by atoms with E-state index in [0.717, 1.165) is 28.0 Å². The van der Waals surface area contributed by atoms with Gasteiger partial charge in [0.1, 0.15) is 5.75 Å². The van der Waals surface area contributed by atoms with Crippen molar-refractivity contribution in [2.24, 2.45) is 5.92 Å². The molecule has 3 aromatic carbocycles. The molecule has 4 aromatic rings. The van der Waals surface area contributed by atoms with E-state index in [0.29, 0.717) is 5.92 Å². The van der Waals surface area contributed by atoms with Gasteiger partial charge in [0.05, 0.1) is 22.8 Å². The second-order valence-electron chi connectivity index (χ2n) is 8.93. The number of aryl methyl sites for hydroxylation is 1. The highest BCUT2D eigenvalue weighted by Gasteiger charge is 2.28. The number of thiazole rings is 1. The molecule has 0 bridgehead atoms. The molecule has 1 N–H and O–H groups in total. The molecule has 0 unspecified atom stereocenters. The van der Waals surface area contributed by atoms with Crippen molar-refractivity contribution >= 4 is 44.7 Å². The highest BCUT2D eigenvalue weighted by Crippen LogP contribution is 2.46. The maximum atomic E-state index is 10.9. The van der Waals surface area contributed by atoms with E-state index in [9.17, 15) is 4.79 Å². The lowest BCUT2D eigenvalue weighted by Gasteiger charge is -2.32. The fraction of sp³-hybridized carbons (Fsp3) is 0.200. The number of carbonyl (C=O) groups is 1. The quantitative estimate of drug-likeness (QED) is 0.220. The zero-order valence-corrected chi connectivity index (χ0v) is 20.6. The number of benzene rings is 3. The number of hydrogen-bond acceptors (Lipinski definition) is 4. The average molecular weight is 482 g/mol. The third-order valence-electron chi connectivity index (χ3n) is 6.74. The summed E-state index contributed by atoms with van der Waals surface area (Å²) in [6.45, 7) is 2.15. The SMILES string of the molecule is COc1ccc(C(=C(c2ccc(C=CC(=O)O)cc2)c2ccc3scnc3c2)C2CCC2)c(C)c1. The van der Waals surface area contributed by atoms with Gasteiger partial charge in [-0.1, -0.05) is 42.8 Å². The van der Waals surface area contributed by atoms with Crippen molar-refractivity contribution in [3.05, 3.63) is 100 Å². The van der Waals surface area contributed by atoms with Gasteiger partial charge in [0.2, 0.25) is 0 Å². The molecule has 0 spiro atoms. The first-order valence-corrected chi connectivity index (χ1v) is 12.7. The van der Waals surface area contributed by atoms with Gasteiger partial charge < -0.3 is 9.84 Å². The second kappa shape index (κ2) is 9.88. The lowest BCUT2D eigenvalue weighted by atomic mass is 9.72. The molecule has 4 nitrogen and oxygen atoms in total. The predicted octanol–water partition coefficient (Wildman–Crippen LogP) is 7.47. The third kappa shape index (κ3) is 4.77. The third-order valence-corrected chi connectivity index (χ3v) is 7.55. The Morgan fingerprint density at radius 1 is 1.06 bits per heavy atom. The minimum atomic E-state index is -0.950. The van der Waals surface area contributed by atoms with E-state index in [2.05, 4.69) is 54.4 Å². The van der Waals surface area contributed by atoms with Gasteiger partial charge in [-0.25, -0.2) is 9.78 Å². The lowest BCUT2D eigenvalue weighted by Crippen LogP contribution is -2.16. The average Bonchev–Trinajstić information content (AvgIpc) is 3.30. The van der Waals surface area contributed by atoms with E-state index >= 15 is 0 Å². The minimum absolute atomic E-state index is 0.481. The Morgan fingerprint density at radius 3 is 2.49 bits per heavy atom. The molecule has 35 heavy (non-hydrogen) atoms. The molecule has 1 fully saturated rings. The number of aliphatic carboxylic acids is 1. The normalized spacial score (nSPS) is 14.7. The largest absolute Gasteiger partial charge is 0.497 e. The number of carboxylic acids is 1. The number of hydrogen-bond donors (Lipinski definition) is 1. The standard InChI is InChI=1S/C30H27NO3S/c1-19-16-24(34-2)12-13-25(19)30(21-4-3-5-21)29(23-11-14-27-26(17-23)31-18-35-27)22-9-6-20(7-10-22)8-15-28(32)33/h6-18,21H,3-5H2,1-2H3,(H,32,33). The molecule has 1 heterocycles. The Labute approximate surface area is 209 Å². The number of rotatable bonds is 7. The number of ether oxygens (including phenoxy) is 1. The Kier molecular flexibility index (Phi) is 6.51. The summed E-state index contributed by atoms with van der Waals surface area (Å²) in [5, 5.41) is 8.98. The molecule has 1 aromatic heterocycles. The summed E-state index contributed by atoms with van der Waals surface area (Å²) in [6.07, 6.45) is 6.37. The van der Waals surface area contributed by atoms with Gasteiger partial charge in [0, 0.05) is 6.08 Å². The number of nitrogens with zero attached hydrogens (tertiary/aromatic N) is 1. The van der Waals surface area contributed by atoms with Crippen molar-refractivity contribution in [3.8, 4) is 5.75 Å². The van der Waals surface area contributed by atoms with E-state index in [1.54, 1.807) is 24.5 Å². The van der Waals surface area contributed by atoms with E-state index < -0.39 is 5.97 Å². The summed E-state index contributed by atoms with van der Waals surface area (Å²) in [6, 6.07) is 21.0. The molecule has 5 heteroatoms. The predicted molar refractivity (Wildman–Crippen MR) is 144 cm³/mol. The van der Waals surface area contributed by atoms with Crippen LogP contribution in [0.2, 0.25) is 0 Å². The summed E-state index contributed by atoms with van der Waals surface area (Å²) >= 11 is 1.65. The Bertz CT molecular complexity index is 1440. The maximum absolute atomic E-state index is 10.9. The van der Waals surface area contributed by atoms with Crippen LogP contribution in [0.25, 0.3) is 27.4 Å². The Balaban J connectivity index is 1.74.